The maximum atomic E-state index is 4.72. The SMILES string of the molecule is Cc1cccc2sc(NCC3CN(C)CCN3C)nc12. The van der Waals surface area contributed by atoms with Crippen molar-refractivity contribution in [2.24, 2.45) is 0 Å². The molecule has 1 atom stereocenters. The summed E-state index contributed by atoms with van der Waals surface area (Å²) in [6.07, 6.45) is 0. The van der Waals surface area contributed by atoms with E-state index < -0.39 is 0 Å². The van der Waals surface area contributed by atoms with Crippen LogP contribution in [-0.4, -0.2) is 61.1 Å². The van der Waals surface area contributed by atoms with Crippen molar-refractivity contribution in [3.8, 4) is 0 Å². The summed E-state index contributed by atoms with van der Waals surface area (Å²) >= 11 is 1.75. The number of nitrogens with one attached hydrogen (secondary N) is 1. The molecule has 1 fully saturated rings. The third kappa shape index (κ3) is 2.80. The Morgan fingerprint density at radius 3 is 3.00 bits per heavy atom. The van der Waals surface area contributed by atoms with Crippen LogP contribution in [-0.2, 0) is 0 Å². The Morgan fingerprint density at radius 1 is 1.35 bits per heavy atom. The second-order valence-electron chi connectivity index (χ2n) is 5.72. The number of nitrogens with zero attached hydrogens (tertiary/aromatic N) is 3. The van der Waals surface area contributed by atoms with E-state index >= 15 is 0 Å². The van der Waals surface area contributed by atoms with Gasteiger partial charge in [-0.15, -0.1) is 0 Å². The first-order valence-electron chi connectivity index (χ1n) is 7.12. The fourth-order valence-electron chi connectivity index (χ4n) is 2.69. The maximum Gasteiger partial charge on any atom is 0.183 e. The molecule has 1 aromatic carbocycles. The highest BCUT2D eigenvalue weighted by molar-refractivity contribution is 7.22. The van der Waals surface area contributed by atoms with Gasteiger partial charge in [-0.25, -0.2) is 4.98 Å². The predicted molar refractivity (Wildman–Crippen MR) is 86.8 cm³/mol. The topological polar surface area (TPSA) is 31.4 Å². The van der Waals surface area contributed by atoms with Crippen LogP contribution in [0, 0.1) is 6.92 Å². The Morgan fingerprint density at radius 2 is 2.20 bits per heavy atom. The normalized spacial score (nSPS) is 21.4. The molecule has 0 spiro atoms. The van der Waals surface area contributed by atoms with Crippen LogP contribution in [0.15, 0.2) is 18.2 Å². The number of para-hydroxylation sites is 1. The van der Waals surface area contributed by atoms with Crippen molar-refractivity contribution < 1.29 is 0 Å². The summed E-state index contributed by atoms with van der Waals surface area (Å²) < 4.78 is 1.27. The van der Waals surface area contributed by atoms with Crippen LogP contribution in [0.2, 0.25) is 0 Å². The largest absolute Gasteiger partial charge is 0.360 e. The van der Waals surface area contributed by atoms with E-state index in [4.69, 9.17) is 4.98 Å². The Labute approximate surface area is 124 Å². The van der Waals surface area contributed by atoms with Gasteiger partial charge in [-0.1, -0.05) is 23.5 Å². The zero-order valence-corrected chi connectivity index (χ0v) is 13.2. The summed E-state index contributed by atoms with van der Waals surface area (Å²) in [5.74, 6) is 0. The third-order valence-electron chi connectivity index (χ3n) is 4.09. The number of likely N-dealkylation sites (N-methyl/N-ethyl adjacent to an activating group) is 2. The van der Waals surface area contributed by atoms with Gasteiger partial charge < -0.3 is 10.2 Å². The summed E-state index contributed by atoms with van der Waals surface area (Å²) in [6, 6.07) is 6.92. The molecule has 4 nitrogen and oxygen atoms in total. The maximum absolute atomic E-state index is 4.72. The number of aromatic nitrogens is 1. The summed E-state index contributed by atoms with van der Waals surface area (Å²) in [6.45, 7) is 6.50. The first-order chi connectivity index (χ1) is 9.63. The lowest BCUT2D eigenvalue weighted by molar-refractivity contribution is 0.122. The highest BCUT2D eigenvalue weighted by atomic mass is 32.1. The van der Waals surface area contributed by atoms with E-state index in [2.05, 4.69) is 54.3 Å². The molecule has 1 unspecified atom stereocenters. The molecule has 1 aromatic heterocycles. The molecule has 5 heteroatoms. The number of piperazine rings is 1. The number of rotatable bonds is 3. The first-order valence-corrected chi connectivity index (χ1v) is 7.94. The highest BCUT2D eigenvalue weighted by Gasteiger charge is 2.22. The minimum atomic E-state index is 0.557. The average Bonchev–Trinajstić information content (AvgIpc) is 2.84. The minimum Gasteiger partial charge on any atom is -0.360 e. The zero-order chi connectivity index (χ0) is 14.1. The number of hydrogen-bond acceptors (Lipinski definition) is 5. The molecular formula is C15H22N4S. The summed E-state index contributed by atoms with van der Waals surface area (Å²) in [4.78, 5) is 9.55. The molecule has 2 heterocycles. The smallest absolute Gasteiger partial charge is 0.183 e. The molecule has 20 heavy (non-hydrogen) atoms. The van der Waals surface area contributed by atoms with Crippen LogP contribution >= 0.6 is 11.3 Å². The summed E-state index contributed by atoms with van der Waals surface area (Å²) in [5, 5.41) is 4.56. The van der Waals surface area contributed by atoms with Crippen molar-refractivity contribution in [1.82, 2.24) is 14.8 Å². The van der Waals surface area contributed by atoms with Gasteiger partial charge in [0.2, 0.25) is 0 Å². The van der Waals surface area contributed by atoms with Crippen molar-refractivity contribution in [3.05, 3.63) is 23.8 Å². The number of benzene rings is 1. The fraction of sp³-hybridized carbons (Fsp3) is 0.533. The standard InChI is InChI=1S/C15H22N4S/c1-11-5-4-6-13-14(11)17-15(20-13)16-9-12-10-18(2)7-8-19(12)3/h4-6,12H,7-10H2,1-3H3,(H,16,17). The Kier molecular flexibility index (Phi) is 3.92. The van der Waals surface area contributed by atoms with E-state index in [9.17, 15) is 0 Å². The van der Waals surface area contributed by atoms with Crippen LogP contribution in [0.1, 0.15) is 5.56 Å². The molecule has 1 aliphatic rings. The minimum absolute atomic E-state index is 0.557. The molecule has 3 rings (SSSR count). The van der Waals surface area contributed by atoms with Crippen molar-refractivity contribution in [3.63, 3.8) is 0 Å². The monoisotopic (exact) mass is 290 g/mol. The van der Waals surface area contributed by atoms with Crippen LogP contribution < -0.4 is 5.32 Å². The lowest BCUT2D eigenvalue weighted by Crippen LogP contribution is -2.52. The number of fused-ring (bicyclic) bond motifs is 1. The van der Waals surface area contributed by atoms with E-state index in [1.807, 2.05) is 0 Å². The molecule has 108 valence electrons. The molecule has 1 aliphatic heterocycles. The lowest BCUT2D eigenvalue weighted by Gasteiger charge is -2.37. The van der Waals surface area contributed by atoms with Crippen molar-refractivity contribution in [1.29, 1.82) is 0 Å². The molecule has 0 radical (unpaired) electrons. The van der Waals surface area contributed by atoms with Gasteiger partial charge in [-0.3, -0.25) is 4.90 Å². The van der Waals surface area contributed by atoms with Gasteiger partial charge in [0.15, 0.2) is 5.13 Å². The molecule has 2 aromatic rings. The number of aryl methyl sites for hydroxylation is 1. The van der Waals surface area contributed by atoms with Gasteiger partial charge in [0.05, 0.1) is 10.2 Å². The highest BCUT2D eigenvalue weighted by Crippen LogP contribution is 2.27. The van der Waals surface area contributed by atoms with Gasteiger partial charge in [-0.2, -0.15) is 0 Å². The van der Waals surface area contributed by atoms with Gasteiger partial charge in [0, 0.05) is 32.2 Å². The van der Waals surface area contributed by atoms with Crippen molar-refractivity contribution in [2.45, 2.75) is 13.0 Å². The molecule has 1 N–H and O–H groups in total. The zero-order valence-electron chi connectivity index (χ0n) is 12.4. The van der Waals surface area contributed by atoms with Crippen LogP contribution in [0.3, 0.4) is 0 Å². The molecule has 0 amide bonds. The predicted octanol–water partition coefficient (Wildman–Crippen LogP) is 2.26. The van der Waals surface area contributed by atoms with E-state index in [1.54, 1.807) is 11.3 Å². The van der Waals surface area contributed by atoms with Gasteiger partial charge in [-0.05, 0) is 32.6 Å². The summed E-state index contributed by atoms with van der Waals surface area (Å²) in [5.41, 5.74) is 2.38. The number of hydrogen-bond donors (Lipinski definition) is 1. The van der Waals surface area contributed by atoms with Crippen LogP contribution in [0.25, 0.3) is 10.2 Å². The molecule has 0 saturated carbocycles. The number of anilines is 1. The van der Waals surface area contributed by atoms with Crippen LogP contribution in [0.4, 0.5) is 5.13 Å². The Bertz CT molecular complexity index is 595. The summed E-state index contributed by atoms with van der Waals surface area (Å²) in [7, 11) is 4.41. The molecule has 0 bridgehead atoms. The number of thiazole rings is 1. The van der Waals surface area contributed by atoms with E-state index in [-0.39, 0.29) is 0 Å². The average molecular weight is 290 g/mol. The molecular weight excluding hydrogens is 268 g/mol. The first kappa shape index (κ1) is 13.8. The van der Waals surface area contributed by atoms with Crippen molar-refractivity contribution in [2.75, 3.05) is 45.6 Å². The van der Waals surface area contributed by atoms with Gasteiger partial charge in [0.25, 0.3) is 0 Å². The second-order valence-corrected chi connectivity index (χ2v) is 6.75. The quantitative estimate of drug-likeness (QED) is 0.939. The Hall–Kier alpha value is -1.17. The third-order valence-corrected chi connectivity index (χ3v) is 5.07. The van der Waals surface area contributed by atoms with Crippen molar-refractivity contribution >= 4 is 26.7 Å². The second kappa shape index (κ2) is 5.68. The fourth-order valence-corrected chi connectivity index (χ4v) is 3.64. The van der Waals surface area contributed by atoms with Gasteiger partial charge in [0.1, 0.15) is 0 Å². The lowest BCUT2D eigenvalue weighted by atomic mass is 10.2. The van der Waals surface area contributed by atoms with E-state index in [0.717, 1.165) is 36.8 Å². The van der Waals surface area contributed by atoms with Crippen LogP contribution in [0.5, 0.6) is 0 Å². The van der Waals surface area contributed by atoms with E-state index in [1.165, 1.54) is 10.3 Å². The molecule has 1 saturated heterocycles. The van der Waals surface area contributed by atoms with Gasteiger partial charge >= 0.3 is 0 Å². The van der Waals surface area contributed by atoms with E-state index in [0.29, 0.717) is 6.04 Å². The Balaban J connectivity index is 1.69. The molecule has 0 aliphatic carbocycles.